The first-order valence-electron chi connectivity index (χ1n) is 5.58. The van der Waals surface area contributed by atoms with Gasteiger partial charge >= 0.3 is 0 Å². The summed E-state index contributed by atoms with van der Waals surface area (Å²) in [5, 5.41) is 0.614. The van der Waals surface area contributed by atoms with Gasteiger partial charge in [0.2, 0.25) is 5.95 Å². The molecule has 1 saturated heterocycles. The Kier molecular flexibility index (Phi) is 3.92. The molecule has 0 atom stereocenters. The van der Waals surface area contributed by atoms with E-state index in [9.17, 15) is 0 Å². The van der Waals surface area contributed by atoms with E-state index in [1.165, 1.54) is 0 Å². The van der Waals surface area contributed by atoms with Crippen molar-refractivity contribution >= 4 is 29.3 Å². The Labute approximate surface area is 106 Å². The number of nitrogens with zero attached hydrogens (tertiary/aromatic N) is 3. The minimum atomic E-state index is 0.614. The second-order valence-electron chi connectivity index (χ2n) is 3.83. The van der Waals surface area contributed by atoms with Gasteiger partial charge in [-0.3, -0.25) is 0 Å². The predicted molar refractivity (Wildman–Crippen MR) is 70.7 cm³/mol. The van der Waals surface area contributed by atoms with Crippen molar-refractivity contribution in [3.8, 4) is 0 Å². The van der Waals surface area contributed by atoms with Crippen LogP contribution in [0.25, 0.3) is 0 Å². The first-order valence-corrected chi connectivity index (χ1v) is 7.11. The maximum atomic E-state index is 6.17. The molecule has 2 rings (SSSR count). The molecule has 0 amide bonds. The topological polar surface area (TPSA) is 29.0 Å². The van der Waals surface area contributed by atoms with Gasteiger partial charge in [-0.15, -0.1) is 0 Å². The molecule has 1 fully saturated rings. The first kappa shape index (κ1) is 12.0. The molecule has 88 valence electrons. The minimum Gasteiger partial charge on any atom is -0.339 e. The van der Waals surface area contributed by atoms with Crippen LogP contribution in [-0.2, 0) is 6.42 Å². The molecule has 1 aliphatic heterocycles. The zero-order valence-corrected chi connectivity index (χ0v) is 11.2. The van der Waals surface area contributed by atoms with Gasteiger partial charge in [-0.1, -0.05) is 18.5 Å². The Morgan fingerprint density at radius 3 is 2.56 bits per heavy atom. The lowest BCUT2D eigenvalue weighted by Gasteiger charge is -2.26. The van der Waals surface area contributed by atoms with E-state index in [0.29, 0.717) is 5.15 Å². The smallest absolute Gasteiger partial charge is 0.227 e. The third-order valence-corrected chi connectivity index (χ3v) is 4.05. The molecule has 2 heterocycles. The van der Waals surface area contributed by atoms with Crippen LogP contribution in [0, 0.1) is 6.92 Å². The van der Waals surface area contributed by atoms with Gasteiger partial charge in [0.05, 0.1) is 0 Å². The van der Waals surface area contributed by atoms with E-state index in [1.807, 2.05) is 18.7 Å². The standard InChI is InChI=1S/C11H16ClN3S/c1-3-9-8(2)13-11(14-10(9)12)15-4-6-16-7-5-15/h3-7H2,1-2H3. The monoisotopic (exact) mass is 257 g/mol. The van der Waals surface area contributed by atoms with E-state index < -0.39 is 0 Å². The predicted octanol–water partition coefficient (Wildman–Crippen LogP) is 2.55. The van der Waals surface area contributed by atoms with Crippen molar-refractivity contribution < 1.29 is 0 Å². The fraction of sp³-hybridized carbons (Fsp3) is 0.636. The van der Waals surface area contributed by atoms with Crippen LogP contribution in [0.5, 0.6) is 0 Å². The normalized spacial score (nSPS) is 16.6. The number of hydrogen-bond acceptors (Lipinski definition) is 4. The van der Waals surface area contributed by atoms with Crippen LogP contribution in [0.1, 0.15) is 18.2 Å². The maximum absolute atomic E-state index is 6.17. The van der Waals surface area contributed by atoms with Crippen molar-refractivity contribution in [2.24, 2.45) is 0 Å². The summed E-state index contributed by atoms with van der Waals surface area (Å²) in [6.45, 7) is 6.13. The average molecular weight is 258 g/mol. The fourth-order valence-electron chi connectivity index (χ4n) is 1.85. The molecule has 0 spiro atoms. The van der Waals surface area contributed by atoms with E-state index in [0.717, 1.165) is 48.2 Å². The van der Waals surface area contributed by atoms with Crippen molar-refractivity contribution in [3.63, 3.8) is 0 Å². The highest BCUT2D eigenvalue weighted by Gasteiger charge is 2.16. The lowest BCUT2D eigenvalue weighted by molar-refractivity contribution is 0.805. The summed E-state index contributed by atoms with van der Waals surface area (Å²) in [7, 11) is 0. The highest BCUT2D eigenvalue weighted by atomic mass is 35.5. The number of anilines is 1. The first-order chi connectivity index (χ1) is 7.72. The summed E-state index contributed by atoms with van der Waals surface area (Å²) in [5.74, 6) is 3.09. The van der Waals surface area contributed by atoms with Crippen LogP contribution in [0.15, 0.2) is 0 Å². The second-order valence-corrected chi connectivity index (χ2v) is 5.41. The van der Waals surface area contributed by atoms with Gasteiger partial charge in [0.15, 0.2) is 0 Å². The van der Waals surface area contributed by atoms with E-state index >= 15 is 0 Å². The molecule has 0 saturated carbocycles. The second kappa shape index (κ2) is 5.23. The zero-order valence-electron chi connectivity index (χ0n) is 9.66. The van der Waals surface area contributed by atoms with Crippen LogP contribution in [0.4, 0.5) is 5.95 Å². The molecule has 0 radical (unpaired) electrons. The summed E-state index contributed by atoms with van der Waals surface area (Å²) < 4.78 is 0. The van der Waals surface area contributed by atoms with Crippen molar-refractivity contribution in [1.29, 1.82) is 0 Å². The Morgan fingerprint density at radius 2 is 2.00 bits per heavy atom. The number of rotatable bonds is 2. The number of aryl methyl sites for hydroxylation is 1. The molecule has 0 unspecified atom stereocenters. The van der Waals surface area contributed by atoms with Crippen molar-refractivity contribution in [1.82, 2.24) is 9.97 Å². The molecule has 1 aromatic rings. The van der Waals surface area contributed by atoms with Crippen LogP contribution in [0.3, 0.4) is 0 Å². The molecule has 3 nitrogen and oxygen atoms in total. The SMILES string of the molecule is CCc1c(C)nc(N2CCSCC2)nc1Cl. The maximum Gasteiger partial charge on any atom is 0.227 e. The highest BCUT2D eigenvalue weighted by molar-refractivity contribution is 7.99. The number of aromatic nitrogens is 2. The van der Waals surface area contributed by atoms with Gasteiger partial charge in [0.1, 0.15) is 5.15 Å². The third kappa shape index (κ3) is 2.43. The Bertz CT molecular complexity index is 354. The van der Waals surface area contributed by atoms with Crippen LogP contribution in [-0.4, -0.2) is 34.6 Å². The van der Waals surface area contributed by atoms with Crippen LogP contribution < -0.4 is 4.90 Å². The van der Waals surface area contributed by atoms with E-state index in [1.54, 1.807) is 0 Å². The van der Waals surface area contributed by atoms with E-state index in [-0.39, 0.29) is 0 Å². The molecule has 0 N–H and O–H groups in total. The quantitative estimate of drug-likeness (QED) is 0.762. The van der Waals surface area contributed by atoms with Gasteiger partial charge in [-0.2, -0.15) is 11.8 Å². The lowest BCUT2D eigenvalue weighted by Crippen LogP contribution is -2.34. The summed E-state index contributed by atoms with van der Waals surface area (Å²) in [4.78, 5) is 11.2. The third-order valence-electron chi connectivity index (χ3n) is 2.80. The van der Waals surface area contributed by atoms with Gasteiger partial charge in [-0.25, -0.2) is 9.97 Å². The summed E-state index contributed by atoms with van der Waals surface area (Å²) in [6, 6.07) is 0. The molecular formula is C11H16ClN3S. The average Bonchev–Trinajstić information content (AvgIpc) is 2.30. The summed E-state index contributed by atoms with van der Waals surface area (Å²) in [5.41, 5.74) is 2.08. The van der Waals surface area contributed by atoms with Gasteiger partial charge in [0, 0.05) is 35.9 Å². The molecule has 16 heavy (non-hydrogen) atoms. The highest BCUT2D eigenvalue weighted by Crippen LogP contribution is 2.22. The molecule has 1 aliphatic rings. The van der Waals surface area contributed by atoms with E-state index in [4.69, 9.17) is 11.6 Å². The van der Waals surface area contributed by atoms with Crippen molar-refractivity contribution in [2.75, 3.05) is 29.5 Å². The van der Waals surface area contributed by atoms with Gasteiger partial charge in [0.25, 0.3) is 0 Å². The van der Waals surface area contributed by atoms with Gasteiger partial charge < -0.3 is 4.90 Å². The van der Waals surface area contributed by atoms with E-state index in [2.05, 4.69) is 21.8 Å². The number of thioether (sulfide) groups is 1. The fourth-order valence-corrected chi connectivity index (χ4v) is 3.10. The van der Waals surface area contributed by atoms with Crippen LogP contribution in [0.2, 0.25) is 5.15 Å². The largest absolute Gasteiger partial charge is 0.339 e. The van der Waals surface area contributed by atoms with Crippen molar-refractivity contribution in [3.05, 3.63) is 16.4 Å². The Morgan fingerprint density at radius 1 is 1.31 bits per heavy atom. The molecule has 0 bridgehead atoms. The lowest BCUT2D eigenvalue weighted by atomic mass is 10.2. The zero-order chi connectivity index (χ0) is 11.5. The van der Waals surface area contributed by atoms with Crippen LogP contribution >= 0.6 is 23.4 Å². The summed E-state index contributed by atoms with van der Waals surface area (Å²) >= 11 is 8.15. The summed E-state index contributed by atoms with van der Waals surface area (Å²) in [6.07, 6.45) is 0.890. The number of hydrogen-bond donors (Lipinski definition) is 0. The minimum absolute atomic E-state index is 0.614. The Balaban J connectivity index is 2.28. The molecule has 0 aliphatic carbocycles. The molecular weight excluding hydrogens is 242 g/mol. The molecule has 0 aromatic carbocycles. The number of halogens is 1. The molecule has 5 heteroatoms. The Hall–Kier alpha value is -0.480. The van der Waals surface area contributed by atoms with Gasteiger partial charge in [-0.05, 0) is 13.3 Å². The van der Waals surface area contributed by atoms with Crippen molar-refractivity contribution in [2.45, 2.75) is 20.3 Å². The molecule has 1 aromatic heterocycles.